The van der Waals surface area contributed by atoms with Crippen LogP contribution in [0.4, 0.5) is 0 Å². The summed E-state index contributed by atoms with van der Waals surface area (Å²) >= 11 is 0. The largest absolute Gasteiger partial charge is 0.394 e. The van der Waals surface area contributed by atoms with Crippen LogP contribution in [0.2, 0.25) is 0 Å². The second-order valence-electron chi connectivity index (χ2n) is 4.30. The van der Waals surface area contributed by atoms with Crippen LogP contribution in [0.5, 0.6) is 0 Å². The molecule has 2 atom stereocenters. The molecule has 0 spiro atoms. The number of ether oxygens (including phenoxy) is 1. The van der Waals surface area contributed by atoms with Gasteiger partial charge in [0.15, 0.2) is 0 Å². The minimum absolute atomic E-state index is 0.0897. The van der Waals surface area contributed by atoms with Crippen molar-refractivity contribution in [1.29, 1.82) is 0 Å². The van der Waals surface area contributed by atoms with E-state index in [0.717, 1.165) is 5.56 Å². The third-order valence-electron chi connectivity index (χ3n) is 2.76. The summed E-state index contributed by atoms with van der Waals surface area (Å²) in [6.45, 7) is 4.42. The van der Waals surface area contributed by atoms with Gasteiger partial charge >= 0.3 is 0 Å². The predicted molar refractivity (Wildman–Crippen MR) is 58.6 cm³/mol. The van der Waals surface area contributed by atoms with Crippen LogP contribution in [0.25, 0.3) is 0 Å². The fourth-order valence-electron chi connectivity index (χ4n) is 1.95. The van der Waals surface area contributed by atoms with Crippen molar-refractivity contribution in [1.82, 2.24) is 10.1 Å². The number of rotatable bonds is 2. The first-order valence-electron chi connectivity index (χ1n) is 5.58. The Bertz CT molecular complexity index is 404. The minimum Gasteiger partial charge on any atom is -0.394 e. The third-order valence-corrected chi connectivity index (χ3v) is 2.76. The average molecular weight is 240 g/mol. The second-order valence-corrected chi connectivity index (χ2v) is 4.30. The lowest BCUT2D eigenvalue weighted by Crippen LogP contribution is -2.50. The van der Waals surface area contributed by atoms with E-state index in [4.69, 9.17) is 14.4 Å². The first kappa shape index (κ1) is 12.1. The molecule has 0 bridgehead atoms. The highest BCUT2D eigenvalue weighted by molar-refractivity contribution is 5.92. The summed E-state index contributed by atoms with van der Waals surface area (Å²) in [6, 6.07) is 0. The molecule has 0 aliphatic carbocycles. The van der Waals surface area contributed by atoms with E-state index in [2.05, 4.69) is 5.16 Å². The summed E-state index contributed by atoms with van der Waals surface area (Å²) in [5, 5.41) is 12.7. The standard InChI is InChI=1S/C11H16N2O4/c1-7-3-12-17-10(7)11(15)13-4-8(2)16-9(5-13)6-14/h3,8-9,14H,4-6H2,1-2H3. The van der Waals surface area contributed by atoms with Crippen molar-refractivity contribution < 1.29 is 19.2 Å². The molecule has 0 radical (unpaired) electrons. The first-order valence-corrected chi connectivity index (χ1v) is 5.58. The van der Waals surface area contributed by atoms with Crippen LogP contribution in [0, 0.1) is 6.92 Å². The molecule has 1 aromatic heterocycles. The Morgan fingerprint density at radius 1 is 1.65 bits per heavy atom. The van der Waals surface area contributed by atoms with Gasteiger partial charge in [-0.2, -0.15) is 0 Å². The van der Waals surface area contributed by atoms with Gasteiger partial charge in [0.25, 0.3) is 5.91 Å². The molecule has 2 rings (SSSR count). The summed E-state index contributed by atoms with van der Waals surface area (Å²) in [4.78, 5) is 13.8. The lowest BCUT2D eigenvalue weighted by Gasteiger charge is -2.35. The van der Waals surface area contributed by atoms with Crippen LogP contribution < -0.4 is 0 Å². The molecule has 6 nitrogen and oxygen atoms in total. The Balaban J connectivity index is 2.11. The van der Waals surface area contributed by atoms with Gasteiger partial charge in [-0.05, 0) is 13.8 Å². The van der Waals surface area contributed by atoms with Gasteiger partial charge in [0.2, 0.25) is 5.76 Å². The van der Waals surface area contributed by atoms with Gasteiger partial charge in [-0.25, -0.2) is 0 Å². The molecule has 94 valence electrons. The molecule has 1 saturated heterocycles. The maximum atomic E-state index is 12.1. The summed E-state index contributed by atoms with van der Waals surface area (Å²) in [6.07, 6.45) is 1.10. The van der Waals surface area contributed by atoms with E-state index >= 15 is 0 Å². The van der Waals surface area contributed by atoms with Crippen molar-refractivity contribution in [3.63, 3.8) is 0 Å². The quantitative estimate of drug-likeness (QED) is 0.799. The Morgan fingerprint density at radius 3 is 3.00 bits per heavy atom. The molecule has 0 aromatic carbocycles. The summed E-state index contributed by atoms with van der Waals surface area (Å²) in [5.74, 6) is 0.0596. The number of aryl methyl sites for hydroxylation is 1. The summed E-state index contributed by atoms with van der Waals surface area (Å²) in [7, 11) is 0. The Hall–Kier alpha value is -1.40. The maximum absolute atomic E-state index is 12.1. The van der Waals surface area contributed by atoms with Crippen molar-refractivity contribution in [2.24, 2.45) is 0 Å². The molecule has 17 heavy (non-hydrogen) atoms. The molecule has 1 fully saturated rings. The van der Waals surface area contributed by atoms with Gasteiger partial charge in [-0.3, -0.25) is 4.79 Å². The fraction of sp³-hybridized carbons (Fsp3) is 0.636. The van der Waals surface area contributed by atoms with E-state index in [0.29, 0.717) is 13.1 Å². The molecule has 2 unspecified atom stereocenters. The number of aliphatic hydroxyl groups is 1. The van der Waals surface area contributed by atoms with Crippen LogP contribution in [0.3, 0.4) is 0 Å². The van der Waals surface area contributed by atoms with E-state index in [-0.39, 0.29) is 30.5 Å². The smallest absolute Gasteiger partial charge is 0.292 e. The highest BCUT2D eigenvalue weighted by Gasteiger charge is 2.30. The van der Waals surface area contributed by atoms with Crippen LogP contribution in [-0.4, -0.2) is 53.0 Å². The van der Waals surface area contributed by atoms with Crippen molar-refractivity contribution in [2.45, 2.75) is 26.1 Å². The molecule has 6 heteroatoms. The first-order chi connectivity index (χ1) is 8.11. The Morgan fingerprint density at radius 2 is 2.41 bits per heavy atom. The molecular weight excluding hydrogens is 224 g/mol. The lowest BCUT2D eigenvalue weighted by molar-refractivity contribution is -0.0864. The highest BCUT2D eigenvalue weighted by atomic mass is 16.5. The van der Waals surface area contributed by atoms with E-state index in [1.54, 1.807) is 11.8 Å². The van der Waals surface area contributed by atoms with Crippen molar-refractivity contribution in [2.75, 3.05) is 19.7 Å². The van der Waals surface area contributed by atoms with E-state index < -0.39 is 0 Å². The number of nitrogens with zero attached hydrogens (tertiary/aromatic N) is 2. The van der Waals surface area contributed by atoms with Crippen LogP contribution >= 0.6 is 0 Å². The number of morpholine rings is 1. The Labute approximate surface area is 99.1 Å². The van der Waals surface area contributed by atoms with Gasteiger partial charge in [0.05, 0.1) is 25.0 Å². The zero-order chi connectivity index (χ0) is 12.4. The second kappa shape index (κ2) is 4.85. The van der Waals surface area contributed by atoms with Crippen LogP contribution in [0.15, 0.2) is 10.7 Å². The van der Waals surface area contributed by atoms with Gasteiger partial charge < -0.3 is 19.3 Å². The van der Waals surface area contributed by atoms with Crippen molar-refractivity contribution in [3.8, 4) is 0 Å². The van der Waals surface area contributed by atoms with E-state index in [1.807, 2.05) is 6.92 Å². The monoisotopic (exact) mass is 240 g/mol. The normalized spacial score (nSPS) is 25.0. The number of carbonyl (C=O) groups excluding carboxylic acids is 1. The Kier molecular flexibility index (Phi) is 3.44. The number of carbonyl (C=O) groups is 1. The van der Waals surface area contributed by atoms with Gasteiger partial charge in [0.1, 0.15) is 0 Å². The molecule has 1 aromatic rings. The minimum atomic E-state index is -0.328. The summed E-state index contributed by atoms with van der Waals surface area (Å²) in [5.41, 5.74) is 0.717. The number of hydrogen-bond donors (Lipinski definition) is 1. The molecule has 1 N–H and O–H groups in total. The highest BCUT2D eigenvalue weighted by Crippen LogP contribution is 2.16. The SMILES string of the molecule is Cc1cnoc1C(=O)N1CC(C)OC(CO)C1. The zero-order valence-corrected chi connectivity index (χ0v) is 9.92. The number of hydrogen-bond acceptors (Lipinski definition) is 5. The number of aliphatic hydroxyl groups excluding tert-OH is 1. The average Bonchev–Trinajstić information content (AvgIpc) is 2.73. The van der Waals surface area contributed by atoms with Gasteiger partial charge in [-0.15, -0.1) is 0 Å². The lowest BCUT2D eigenvalue weighted by atomic mass is 10.2. The molecule has 1 aliphatic rings. The summed E-state index contributed by atoms with van der Waals surface area (Å²) < 4.78 is 10.4. The molecule has 1 amide bonds. The molecular formula is C11H16N2O4. The van der Waals surface area contributed by atoms with Crippen LogP contribution in [0.1, 0.15) is 23.0 Å². The topological polar surface area (TPSA) is 75.8 Å². The van der Waals surface area contributed by atoms with Gasteiger partial charge in [-0.1, -0.05) is 5.16 Å². The maximum Gasteiger partial charge on any atom is 0.292 e. The third kappa shape index (κ3) is 2.48. The number of amides is 1. The zero-order valence-electron chi connectivity index (χ0n) is 9.92. The van der Waals surface area contributed by atoms with E-state index in [9.17, 15) is 4.79 Å². The predicted octanol–water partition coefficient (Wildman–Crippen LogP) is 0.205. The van der Waals surface area contributed by atoms with Crippen molar-refractivity contribution >= 4 is 5.91 Å². The number of aromatic nitrogens is 1. The molecule has 2 heterocycles. The molecule has 0 saturated carbocycles. The van der Waals surface area contributed by atoms with E-state index in [1.165, 1.54) is 6.20 Å². The van der Waals surface area contributed by atoms with Crippen LogP contribution in [-0.2, 0) is 4.74 Å². The van der Waals surface area contributed by atoms with Gasteiger partial charge in [0, 0.05) is 18.7 Å². The molecule has 1 aliphatic heterocycles. The van der Waals surface area contributed by atoms with Crippen molar-refractivity contribution in [3.05, 3.63) is 17.5 Å². The fourth-order valence-corrected chi connectivity index (χ4v) is 1.95.